The molecule has 2 heterocycles. The lowest BCUT2D eigenvalue weighted by atomic mass is 10.1. The Balaban J connectivity index is 0.00000192. The van der Waals surface area contributed by atoms with Crippen molar-refractivity contribution in [3.63, 3.8) is 0 Å². The highest BCUT2D eigenvalue weighted by Gasteiger charge is 2.35. The first-order chi connectivity index (χ1) is 10.3. The zero-order valence-electron chi connectivity index (χ0n) is 11.9. The van der Waals surface area contributed by atoms with Crippen molar-refractivity contribution in [1.29, 1.82) is 0 Å². The second-order valence-electron chi connectivity index (χ2n) is 5.09. The van der Waals surface area contributed by atoms with Crippen molar-refractivity contribution in [3.05, 3.63) is 46.7 Å². The Morgan fingerprint density at radius 1 is 1.30 bits per heavy atom. The quantitative estimate of drug-likeness (QED) is 0.771. The van der Waals surface area contributed by atoms with E-state index in [0.717, 1.165) is 6.07 Å². The van der Waals surface area contributed by atoms with E-state index in [1.807, 2.05) is 6.92 Å². The van der Waals surface area contributed by atoms with Gasteiger partial charge in [-0.05, 0) is 31.2 Å². The number of halogens is 4. The van der Waals surface area contributed by atoms with Gasteiger partial charge in [0.2, 0.25) is 0 Å². The van der Waals surface area contributed by atoms with E-state index in [2.05, 4.69) is 5.10 Å². The predicted octanol–water partition coefficient (Wildman–Crippen LogP) is 3.89. The van der Waals surface area contributed by atoms with Crippen LogP contribution < -0.4 is 4.90 Å². The third-order valence-corrected chi connectivity index (χ3v) is 3.88. The molecule has 1 aliphatic rings. The molecule has 0 N–H and O–H groups in total. The van der Waals surface area contributed by atoms with E-state index in [-0.39, 0.29) is 25.4 Å². The minimum absolute atomic E-state index is 0. The molecule has 0 bridgehead atoms. The summed E-state index contributed by atoms with van der Waals surface area (Å²) in [4.78, 5) is 13.8. The molecule has 1 aromatic carbocycles. The molecule has 1 aliphatic heterocycles. The number of aromatic nitrogens is 2. The summed E-state index contributed by atoms with van der Waals surface area (Å²) in [5.41, 5.74) is -0.183. The minimum atomic E-state index is -4.52. The first-order valence-corrected chi connectivity index (χ1v) is 6.89. The van der Waals surface area contributed by atoms with Crippen LogP contribution in [0.25, 0.3) is 0 Å². The molecule has 9 heteroatoms. The molecule has 0 spiro atoms. The molecule has 1 atom stereocenters. The molecule has 3 rings (SSSR count). The van der Waals surface area contributed by atoms with Crippen LogP contribution in [0.15, 0.2) is 30.5 Å². The highest BCUT2D eigenvalue weighted by Crippen LogP contribution is 2.37. The highest BCUT2D eigenvalue weighted by atomic mass is 35.5. The van der Waals surface area contributed by atoms with E-state index < -0.39 is 16.8 Å². The molecule has 0 aliphatic carbocycles. The van der Waals surface area contributed by atoms with Gasteiger partial charge >= 0.3 is 6.18 Å². The van der Waals surface area contributed by atoms with Crippen LogP contribution in [-0.2, 0) is 6.18 Å². The summed E-state index contributed by atoms with van der Waals surface area (Å²) in [6.45, 7) is 2.19. The number of rotatable bonds is 1. The number of carbonyl (C=O) groups excluding carboxylic acids is 1. The van der Waals surface area contributed by atoms with E-state index in [4.69, 9.17) is 11.6 Å². The Morgan fingerprint density at radius 2 is 2.00 bits per heavy atom. The molecular formula is C14H13ClF3N3OS. The topological polar surface area (TPSA) is 38.1 Å². The number of amides is 1. The molecule has 0 unspecified atom stereocenters. The number of hydrogen-bond acceptors (Lipinski definition) is 2. The Morgan fingerprint density at radius 3 is 2.61 bits per heavy atom. The van der Waals surface area contributed by atoms with Crippen molar-refractivity contribution in [2.75, 3.05) is 11.4 Å². The number of alkyl halides is 3. The number of benzene rings is 1. The van der Waals surface area contributed by atoms with E-state index >= 15 is 0 Å². The van der Waals surface area contributed by atoms with E-state index in [0.29, 0.717) is 17.9 Å². The third-order valence-electron chi connectivity index (χ3n) is 3.57. The van der Waals surface area contributed by atoms with Gasteiger partial charge in [-0.3, -0.25) is 9.48 Å². The van der Waals surface area contributed by atoms with Crippen LogP contribution in [0.1, 0.15) is 29.0 Å². The number of hydrogen-bond donors (Lipinski definition) is 0. The summed E-state index contributed by atoms with van der Waals surface area (Å²) in [5.74, 6) is -0.313. The van der Waals surface area contributed by atoms with E-state index in [9.17, 15) is 18.0 Å². The van der Waals surface area contributed by atoms with Gasteiger partial charge in [0, 0.05) is 18.4 Å². The summed E-state index contributed by atoms with van der Waals surface area (Å²) in [6.07, 6.45) is -3.00. The van der Waals surface area contributed by atoms with E-state index in [1.54, 1.807) is 10.7 Å². The summed E-state index contributed by atoms with van der Waals surface area (Å²) in [5, 5.41) is 3.65. The molecule has 4 nitrogen and oxygen atoms in total. The molecule has 124 valence electrons. The Bertz CT molecular complexity index is 747. The van der Waals surface area contributed by atoms with Crippen LogP contribution in [0.5, 0.6) is 0 Å². The van der Waals surface area contributed by atoms with Gasteiger partial charge in [0.05, 0.1) is 16.6 Å². The molecule has 0 fully saturated rings. The average Bonchev–Trinajstić information content (AvgIpc) is 2.91. The van der Waals surface area contributed by atoms with Gasteiger partial charge < -0.3 is 4.90 Å². The fraction of sp³-hybridized carbons (Fsp3) is 0.286. The number of fused-ring (bicyclic) bond motifs is 1. The van der Waals surface area contributed by atoms with Crippen LogP contribution in [0, 0.1) is 0 Å². The van der Waals surface area contributed by atoms with Gasteiger partial charge in [0.1, 0.15) is 5.69 Å². The molecule has 1 amide bonds. The monoisotopic (exact) mass is 363 g/mol. The third kappa shape index (κ3) is 3.05. The normalized spacial score (nSPS) is 17.7. The molecular weight excluding hydrogens is 351 g/mol. The zero-order valence-corrected chi connectivity index (χ0v) is 13.7. The van der Waals surface area contributed by atoms with Crippen molar-refractivity contribution < 1.29 is 18.0 Å². The lowest BCUT2D eigenvalue weighted by Gasteiger charge is -2.32. The van der Waals surface area contributed by atoms with Crippen LogP contribution >= 0.6 is 25.1 Å². The number of carbonyl (C=O) groups is 1. The molecule has 0 radical (unpaired) electrons. The Labute approximate surface area is 142 Å². The maximum absolute atomic E-state index is 12.7. The maximum Gasteiger partial charge on any atom is 0.417 e. The van der Waals surface area contributed by atoms with Crippen molar-refractivity contribution in [2.45, 2.75) is 19.1 Å². The van der Waals surface area contributed by atoms with Gasteiger partial charge in [-0.15, -0.1) is 0 Å². The molecule has 0 saturated heterocycles. The molecule has 2 aromatic rings. The number of anilines is 1. The first kappa shape index (κ1) is 17.7. The first-order valence-electron chi connectivity index (χ1n) is 6.51. The van der Waals surface area contributed by atoms with Crippen LogP contribution in [-0.4, -0.2) is 22.2 Å². The number of nitrogens with zero attached hydrogens (tertiary/aromatic N) is 3. The predicted molar refractivity (Wildman–Crippen MR) is 85.4 cm³/mol. The standard InChI is InChI=1S/C14H11ClF3N3O.H2S/c1-8-7-20(13(22)12-4-5-19-21(8)12)9-2-3-10(11(15)6-9)14(16,17)18;/h2-6,8H,7H2,1H3;1H2/t8-;/m0./s1. The summed E-state index contributed by atoms with van der Waals surface area (Å²) >= 11 is 5.72. The fourth-order valence-corrected chi connectivity index (χ4v) is 2.80. The summed E-state index contributed by atoms with van der Waals surface area (Å²) < 4.78 is 39.8. The zero-order chi connectivity index (χ0) is 16.1. The van der Waals surface area contributed by atoms with Crippen molar-refractivity contribution in [1.82, 2.24) is 9.78 Å². The smallest absolute Gasteiger partial charge is 0.305 e. The maximum atomic E-state index is 12.7. The molecule has 0 saturated carbocycles. The Kier molecular flexibility index (Phi) is 4.68. The minimum Gasteiger partial charge on any atom is -0.305 e. The van der Waals surface area contributed by atoms with Gasteiger partial charge in [-0.2, -0.15) is 31.8 Å². The SMILES string of the molecule is C[C@H]1CN(c2ccc(C(F)(F)F)c(Cl)c2)C(=O)c2ccnn21.S. The second kappa shape index (κ2) is 6.09. The van der Waals surface area contributed by atoms with Gasteiger partial charge in [0.25, 0.3) is 5.91 Å². The largest absolute Gasteiger partial charge is 0.417 e. The highest BCUT2D eigenvalue weighted by molar-refractivity contribution is 7.59. The average molecular weight is 364 g/mol. The lowest BCUT2D eigenvalue weighted by Crippen LogP contribution is -2.42. The van der Waals surface area contributed by atoms with E-state index in [1.165, 1.54) is 23.2 Å². The van der Waals surface area contributed by atoms with Gasteiger partial charge in [-0.1, -0.05) is 11.6 Å². The second-order valence-corrected chi connectivity index (χ2v) is 5.49. The molecule has 1 aromatic heterocycles. The van der Waals surface area contributed by atoms with Crippen molar-refractivity contribution in [2.24, 2.45) is 0 Å². The van der Waals surface area contributed by atoms with Crippen molar-refractivity contribution in [3.8, 4) is 0 Å². The fourth-order valence-electron chi connectivity index (χ4n) is 2.52. The molecule has 23 heavy (non-hydrogen) atoms. The van der Waals surface area contributed by atoms with Gasteiger partial charge in [0.15, 0.2) is 0 Å². The summed E-state index contributed by atoms with van der Waals surface area (Å²) in [6, 6.07) is 4.81. The van der Waals surface area contributed by atoms with Crippen LogP contribution in [0.2, 0.25) is 5.02 Å². The van der Waals surface area contributed by atoms with Crippen molar-refractivity contribution >= 4 is 36.7 Å². The van der Waals surface area contributed by atoms with Crippen LogP contribution in [0.4, 0.5) is 18.9 Å². The van der Waals surface area contributed by atoms with Gasteiger partial charge in [-0.25, -0.2) is 0 Å². The Hall–Kier alpha value is -1.67. The van der Waals surface area contributed by atoms with Crippen LogP contribution in [0.3, 0.4) is 0 Å². The summed E-state index contributed by atoms with van der Waals surface area (Å²) in [7, 11) is 0. The lowest BCUT2D eigenvalue weighted by molar-refractivity contribution is -0.137.